The number of morpholine rings is 1. The number of carbonyl (C=O) groups is 2. The first kappa shape index (κ1) is 17.9. The highest BCUT2D eigenvalue weighted by Crippen LogP contribution is 2.21. The summed E-state index contributed by atoms with van der Waals surface area (Å²) in [4.78, 5) is 28.5. The Kier molecular flexibility index (Phi) is 6.02. The van der Waals surface area contributed by atoms with Crippen LogP contribution in [0.4, 0.5) is 4.39 Å². The number of rotatable bonds is 4. The van der Waals surface area contributed by atoms with E-state index in [1.165, 1.54) is 6.07 Å². The minimum absolute atomic E-state index is 0.00807. The van der Waals surface area contributed by atoms with Crippen LogP contribution in [0.1, 0.15) is 24.8 Å². The second kappa shape index (κ2) is 8.43. The second-order valence-corrected chi connectivity index (χ2v) is 6.68. The zero-order valence-electron chi connectivity index (χ0n) is 14.5. The molecule has 2 heterocycles. The largest absolute Gasteiger partial charge is 0.378 e. The van der Waals surface area contributed by atoms with Crippen LogP contribution in [0, 0.1) is 11.7 Å². The van der Waals surface area contributed by atoms with Crippen LogP contribution in [0.2, 0.25) is 0 Å². The fraction of sp³-hybridized carbons (Fsp3) is 0.579. The zero-order valence-corrected chi connectivity index (χ0v) is 14.5. The maximum Gasteiger partial charge on any atom is 0.225 e. The third kappa shape index (κ3) is 4.57. The first-order valence-corrected chi connectivity index (χ1v) is 9.03. The lowest BCUT2D eigenvalue weighted by Gasteiger charge is -2.35. The van der Waals surface area contributed by atoms with Crippen LogP contribution in [-0.2, 0) is 20.7 Å². The average Bonchev–Trinajstić information content (AvgIpc) is 2.67. The van der Waals surface area contributed by atoms with E-state index in [9.17, 15) is 14.0 Å². The topological polar surface area (TPSA) is 49.9 Å². The third-order valence-corrected chi connectivity index (χ3v) is 5.09. The normalized spacial score (nSPS) is 19.1. The van der Waals surface area contributed by atoms with Crippen LogP contribution in [0.25, 0.3) is 0 Å². The van der Waals surface area contributed by atoms with Crippen LogP contribution >= 0.6 is 0 Å². The molecule has 2 saturated heterocycles. The molecule has 0 radical (unpaired) electrons. The van der Waals surface area contributed by atoms with Crippen molar-refractivity contribution >= 4 is 11.8 Å². The second-order valence-electron chi connectivity index (χ2n) is 6.68. The van der Waals surface area contributed by atoms with Crippen LogP contribution < -0.4 is 0 Å². The summed E-state index contributed by atoms with van der Waals surface area (Å²) in [6.45, 7) is 3.77. The molecule has 2 fully saturated rings. The van der Waals surface area contributed by atoms with Gasteiger partial charge in [0.1, 0.15) is 5.82 Å². The highest BCUT2D eigenvalue weighted by atomic mass is 19.1. The number of nitrogens with zero attached hydrogens (tertiary/aromatic N) is 2. The molecule has 0 saturated carbocycles. The molecule has 0 spiro atoms. The number of ether oxygens (including phenoxy) is 1. The van der Waals surface area contributed by atoms with Crippen LogP contribution in [0.5, 0.6) is 0 Å². The quantitative estimate of drug-likeness (QED) is 0.834. The Balaban J connectivity index is 1.44. The van der Waals surface area contributed by atoms with Gasteiger partial charge in [-0.2, -0.15) is 0 Å². The van der Waals surface area contributed by atoms with Crippen LogP contribution in [0.15, 0.2) is 24.3 Å². The van der Waals surface area contributed by atoms with Crippen molar-refractivity contribution in [2.45, 2.75) is 25.7 Å². The van der Waals surface area contributed by atoms with Crippen molar-refractivity contribution in [2.24, 2.45) is 5.92 Å². The van der Waals surface area contributed by atoms with Crippen LogP contribution in [-0.4, -0.2) is 61.0 Å². The standard InChI is InChI=1S/C19H25FN2O3/c20-17-4-2-1-3-15(17)5-6-18(23)21-9-7-16(8-10-21)19(24)22-11-13-25-14-12-22/h1-4,16H,5-14H2. The molecule has 0 unspecified atom stereocenters. The minimum atomic E-state index is -0.259. The Labute approximate surface area is 147 Å². The van der Waals surface area contributed by atoms with E-state index < -0.39 is 0 Å². The average molecular weight is 348 g/mol. The summed E-state index contributed by atoms with van der Waals surface area (Å²) < 4.78 is 18.9. The fourth-order valence-electron chi connectivity index (χ4n) is 3.52. The molecule has 2 aliphatic heterocycles. The third-order valence-electron chi connectivity index (χ3n) is 5.09. The molecule has 0 N–H and O–H groups in total. The SMILES string of the molecule is O=C(CCc1ccccc1F)N1CCC(C(=O)N2CCOCC2)CC1. The predicted molar refractivity (Wildman–Crippen MR) is 91.4 cm³/mol. The maximum absolute atomic E-state index is 13.6. The van der Waals surface area contributed by atoms with Crippen LogP contribution in [0.3, 0.4) is 0 Å². The van der Waals surface area contributed by atoms with Crippen molar-refractivity contribution in [3.63, 3.8) is 0 Å². The molecule has 0 atom stereocenters. The van der Waals surface area contributed by atoms with E-state index in [1.807, 2.05) is 9.80 Å². The zero-order chi connectivity index (χ0) is 17.6. The molecule has 3 rings (SSSR count). The lowest BCUT2D eigenvalue weighted by Crippen LogP contribution is -2.47. The van der Waals surface area contributed by atoms with Gasteiger partial charge in [0.2, 0.25) is 11.8 Å². The number of piperidine rings is 1. The van der Waals surface area contributed by atoms with E-state index in [2.05, 4.69) is 0 Å². The van der Waals surface area contributed by atoms with Crippen molar-refractivity contribution in [1.29, 1.82) is 0 Å². The van der Waals surface area contributed by atoms with Gasteiger partial charge in [0.25, 0.3) is 0 Å². The van der Waals surface area contributed by atoms with E-state index in [-0.39, 0.29) is 23.5 Å². The van der Waals surface area contributed by atoms with Gasteiger partial charge in [-0.25, -0.2) is 4.39 Å². The Morgan fingerprint density at radius 1 is 1.04 bits per heavy atom. The van der Waals surface area contributed by atoms with Gasteiger partial charge in [0.15, 0.2) is 0 Å². The molecular weight excluding hydrogens is 323 g/mol. The van der Waals surface area contributed by atoms with Gasteiger partial charge in [0.05, 0.1) is 13.2 Å². The Bertz CT molecular complexity index is 608. The lowest BCUT2D eigenvalue weighted by molar-refractivity contribution is -0.143. The monoisotopic (exact) mass is 348 g/mol. The minimum Gasteiger partial charge on any atom is -0.378 e. The first-order chi connectivity index (χ1) is 12.1. The first-order valence-electron chi connectivity index (χ1n) is 9.03. The van der Waals surface area contributed by atoms with E-state index in [4.69, 9.17) is 4.74 Å². The van der Waals surface area contributed by atoms with Gasteiger partial charge in [-0.3, -0.25) is 9.59 Å². The highest BCUT2D eigenvalue weighted by molar-refractivity contribution is 5.80. The Hall–Kier alpha value is -1.95. The number of halogens is 1. The molecule has 1 aromatic rings. The summed E-state index contributed by atoms with van der Waals surface area (Å²) in [6, 6.07) is 6.57. The molecule has 2 amide bonds. The fourth-order valence-corrected chi connectivity index (χ4v) is 3.52. The van der Waals surface area contributed by atoms with Crippen molar-refractivity contribution in [2.75, 3.05) is 39.4 Å². The van der Waals surface area contributed by atoms with Gasteiger partial charge in [-0.05, 0) is 30.9 Å². The summed E-state index contributed by atoms with van der Waals surface area (Å²) in [7, 11) is 0. The molecule has 136 valence electrons. The summed E-state index contributed by atoms with van der Waals surface area (Å²) in [6.07, 6.45) is 2.14. The molecular formula is C19H25FN2O3. The molecule has 25 heavy (non-hydrogen) atoms. The summed E-state index contributed by atoms with van der Waals surface area (Å²) in [5.41, 5.74) is 0.577. The number of benzene rings is 1. The molecule has 5 nitrogen and oxygen atoms in total. The van der Waals surface area contributed by atoms with Gasteiger partial charge in [-0.1, -0.05) is 18.2 Å². The van der Waals surface area contributed by atoms with E-state index in [0.29, 0.717) is 70.6 Å². The summed E-state index contributed by atoms with van der Waals surface area (Å²) >= 11 is 0. The van der Waals surface area contributed by atoms with E-state index in [1.54, 1.807) is 18.2 Å². The molecule has 0 aliphatic carbocycles. The number of hydrogen-bond acceptors (Lipinski definition) is 3. The van der Waals surface area contributed by atoms with Gasteiger partial charge < -0.3 is 14.5 Å². The van der Waals surface area contributed by atoms with Gasteiger partial charge in [0, 0.05) is 38.5 Å². The highest BCUT2D eigenvalue weighted by Gasteiger charge is 2.30. The molecule has 6 heteroatoms. The predicted octanol–water partition coefficient (Wildman–Crippen LogP) is 1.86. The molecule has 2 aliphatic rings. The number of carbonyl (C=O) groups excluding carboxylic acids is 2. The molecule has 0 aromatic heterocycles. The van der Waals surface area contributed by atoms with Gasteiger partial charge >= 0.3 is 0 Å². The van der Waals surface area contributed by atoms with Gasteiger partial charge in [-0.15, -0.1) is 0 Å². The smallest absolute Gasteiger partial charge is 0.225 e. The summed E-state index contributed by atoms with van der Waals surface area (Å²) in [5, 5.41) is 0. The Morgan fingerprint density at radius 3 is 2.40 bits per heavy atom. The van der Waals surface area contributed by atoms with E-state index in [0.717, 1.165) is 0 Å². The lowest BCUT2D eigenvalue weighted by atomic mass is 9.94. The van der Waals surface area contributed by atoms with E-state index >= 15 is 0 Å². The number of hydrogen-bond donors (Lipinski definition) is 0. The molecule has 0 bridgehead atoms. The van der Waals surface area contributed by atoms with Crippen molar-refractivity contribution in [3.05, 3.63) is 35.6 Å². The Morgan fingerprint density at radius 2 is 1.72 bits per heavy atom. The maximum atomic E-state index is 13.6. The van der Waals surface area contributed by atoms with Crippen molar-refractivity contribution in [3.8, 4) is 0 Å². The number of likely N-dealkylation sites (tertiary alicyclic amines) is 1. The van der Waals surface area contributed by atoms with Crippen molar-refractivity contribution < 1.29 is 18.7 Å². The number of amides is 2. The van der Waals surface area contributed by atoms with Crippen molar-refractivity contribution in [1.82, 2.24) is 9.80 Å². The number of aryl methyl sites for hydroxylation is 1. The molecule has 1 aromatic carbocycles. The summed E-state index contributed by atoms with van der Waals surface area (Å²) in [5.74, 6) is -0.0129.